The minimum absolute atomic E-state index is 0.126. The highest BCUT2D eigenvalue weighted by Crippen LogP contribution is 2.38. The van der Waals surface area contributed by atoms with Crippen LogP contribution in [0.4, 0.5) is 0 Å². The maximum absolute atomic E-state index is 12.5. The molecule has 176 valence electrons. The molecule has 5 nitrogen and oxygen atoms in total. The average molecular weight is 458 g/mol. The predicted molar refractivity (Wildman–Crippen MR) is 138 cm³/mol. The number of nitrogens with one attached hydrogen (secondary N) is 1. The van der Waals surface area contributed by atoms with E-state index in [0.717, 1.165) is 39.7 Å². The van der Waals surface area contributed by atoms with Gasteiger partial charge in [-0.3, -0.25) is 4.79 Å². The number of ether oxygens (including phenoxy) is 2. The summed E-state index contributed by atoms with van der Waals surface area (Å²) in [5.74, 6) is 0.575. The molecule has 4 aromatic rings. The molecule has 0 bridgehead atoms. The first kappa shape index (κ1) is 23.6. The second-order valence-electron chi connectivity index (χ2n) is 8.16. The molecule has 3 aromatic carbocycles. The molecule has 34 heavy (non-hydrogen) atoms. The van der Waals surface area contributed by atoms with Crippen LogP contribution in [-0.2, 0) is 9.53 Å². The van der Waals surface area contributed by atoms with E-state index in [4.69, 9.17) is 13.9 Å². The Hall–Kier alpha value is -3.57. The highest BCUT2D eigenvalue weighted by molar-refractivity contribution is 6.01. The zero-order valence-corrected chi connectivity index (χ0v) is 20.0. The van der Waals surface area contributed by atoms with E-state index in [1.807, 2.05) is 39.0 Å². The lowest BCUT2D eigenvalue weighted by atomic mass is 9.97. The minimum atomic E-state index is -0.126. The number of amides is 1. The monoisotopic (exact) mass is 457 g/mol. The molecule has 0 saturated carbocycles. The molecule has 0 radical (unpaired) electrons. The van der Waals surface area contributed by atoms with E-state index in [9.17, 15) is 4.79 Å². The van der Waals surface area contributed by atoms with Gasteiger partial charge in [0.1, 0.15) is 11.3 Å². The van der Waals surface area contributed by atoms with E-state index in [0.29, 0.717) is 32.1 Å². The molecule has 1 N–H and O–H groups in total. The van der Waals surface area contributed by atoms with Crippen LogP contribution in [-0.4, -0.2) is 32.3 Å². The van der Waals surface area contributed by atoms with Crippen LogP contribution in [0.15, 0.2) is 71.4 Å². The van der Waals surface area contributed by atoms with Gasteiger partial charge in [0.25, 0.3) is 0 Å². The van der Waals surface area contributed by atoms with E-state index < -0.39 is 0 Å². The number of carbonyl (C=O) groups is 1. The number of furan rings is 1. The SMILES string of the molecule is CCOCCCNC(=O)/C=C(\C)c1cc2c(-c3ccc4ccccc4c3)coc2cc1OCC. The summed E-state index contributed by atoms with van der Waals surface area (Å²) in [6.07, 6.45) is 4.20. The number of rotatable bonds is 10. The van der Waals surface area contributed by atoms with Crippen molar-refractivity contribution in [3.05, 3.63) is 72.5 Å². The molecule has 0 aliphatic heterocycles. The largest absolute Gasteiger partial charge is 0.493 e. The molecule has 0 aliphatic carbocycles. The third kappa shape index (κ3) is 5.32. The molecule has 0 unspecified atom stereocenters. The van der Waals surface area contributed by atoms with E-state index in [2.05, 4.69) is 41.7 Å². The van der Waals surface area contributed by atoms with Crippen LogP contribution in [0, 0.1) is 0 Å². The van der Waals surface area contributed by atoms with Crippen molar-refractivity contribution in [2.45, 2.75) is 27.2 Å². The van der Waals surface area contributed by atoms with Gasteiger partial charge in [0.15, 0.2) is 0 Å². The molecule has 4 rings (SSSR count). The van der Waals surface area contributed by atoms with Crippen LogP contribution < -0.4 is 10.1 Å². The zero-order chi connectivity index (χ0) is 23.9. The maximum Gasteiger partial charge on any atom is 0.244 e. The van der Waals surface area contributed by atoms with Crippen molar-refractivity contribution < 1.29 is 18.7 Å². The van der Waals surface area contributed by atoms with Gasteiger partial charge < -0.3 is 19.2 Å². The van der Waals surface area contributed by atoms with Crippen LogP contribution in [0.25, 0.3) is 38.4 Å². The van der Waals surface area contributed by atoms with Gasteiger partial charge in [-0.2, -0.15) is 0 Å². The summed E-state index contributed by atoms with van der Waals surface area (Å²) in [6.45, 7) is 8.26. The van der Waals surface area contributed by atoms with Crippen molar-refractivity contribution >= 4 is 33.2 Å². The Morgan fingerprint density at radius 2 is 1.85 bits per heavy atom. The Morgan fingerprint density at radius 1 is 1.03 bits per heavy atom. The van der Waals surface area contributed by atoms with Crippen LogP contribution in [0.1, 0.15) is 32.8 Å². The predicted octanol–water partition coefficient (Wildman–Crippen LogP) is 6.60. The van der Waals surface area contributed by atoms with E-state index in [1.54, 1.807) is 12.3 Å². The van der Waals surface area contributed by atoms with Gasteiger partial charge in [-0.25, -0.2) is 0 Å². The molecule has 1 heterocycles. The second kappa shape index (κ2) is 11.0. The fourth-order valence-corrected chi connectivity index (χ4v) is 4.07. The standard InChI is InChI=1S/C29H31NO4/c1-4-32-14-8-13-30-29(31)15-20(3)24-17-25-26(19-34-28(25)18-27(24)33-5-2)23-12-11-21-9-6-7-10-22(21)16-23/h6-7,9-12,15-19H,4-5,8,13-14H2,1-3H3,(H,30,31)/b20-15+. The summed E-state index contributed by atoms with van der Waals surface area (Å²) in [6, 6.07) is 18.7. The first-order chi connectivity index (χ1) is 16.6. The first-order valence-electron chi connectivity index (χ1n) is 11.8. The minimum Gasteiger partial charge on any atom is -0.493 e. The van der Waals surface area contributed by atoms with Crippen molar-refractivity contribution in [2.24, 2.45) is 0 Å². The van der Waals surface area contributed by atoms with Crippen LogP contribution >= 0.6 is 0 Å². The summed E-state index contributed by atoms with van der Waals surface area (Å²) >= 11 is 0. The molecule has 0 saturated heterocycles. The Labute approximate surface area is 200 Å². The maximum atomic E-state index is 12.5. The number of benzene rings is 3. The quantitative estimate of drug-likeness (QED) is 0.215. The van der Waals surface area contributed by atoms with E-state index in [-0.39, 0.29) is 5.91 Å². The third-order valence-corrected chi connectivity index (χ3v) is 5.78. The third-order valence-electron chi connectivity index (χ3n) is 5.78. The smallest absolute Gasteiger partial charge is 0.244 e. The molecular weight excluding hydrogens is 426 g/mol. The van der Waals surface area contributed by atoms with Crippen LogP contribution in [0.5, 0.6) is 5.75 Å². The van der Waals surface area contributed by atoms with Gasteiger partial charge in [-0.1, -0.05) is 36.4 Å². The number of hydrogen-bond acceptors (Lipinski definition) is 4. The highest BCUT2D eigenvalue weighted by Gasteiger charge is 2.15. The fraction of sp³-hybridized carbons (Fsp3) is 0.276. The topological polar surface area (TPSA) is 60.7 Å². The first-order valence-corrected chi connectivity index (χ1v) is 11.8. The number of carbonyl (C=O) groups excluding carboxylic acids is 1. The fourth-order valence-electron chi connectivity index (χ4n) is 4.07. The summed E-state index contributed by atoms with van der Waals surface area (Å²) in [5, 5.41) is 6.29. The molecule has 0 aliphatic rings. The van der Waals surface area contributed by atoms with Gasteiger partial charge in [0.2, 0.25) is 5.91 Å². The lowest BCUT2D eigenvalue weighted by Crippen LogP contribution is -2.23. The Bertz CT molecular complexity index is 1320. The lowest BCUT2D eigenvalue weighted by molar-refractivity contribution is -0.116. The van der Waals surface area contributed by atoms with Crippen molar-refractivity contribution in [1.29, 1.82) is 0 Å². The highest BCUT2D eigenvalue weighted by atomic mass is 16.5. The molecule has 5 heteroatoms. The Balaban J connectivity index is 1.66. The van der Waals surface area contributed by atoms with Crippen molar-refractivity contribution in [3.8, 4) is 16.9 Å². The van der Waals surface area contributed by atoms with Crippen molar-refractivity contribution in [1.82, 2.24) is 5.32 Å². The molecule has 0 fully saturated rings. The summed E-state index contributed by atoms with van der Waals surface area (Å²) in [5.41, 5.74) is 4.56. The Morgan fingerprint density at radius 3 is 2.65 bits per heavy atom. The number of allylic oxidation sites excluding steroid dienone is 1. The van der Waals surface area contributed by atoms with Crippen molar-refractivity contribution in [2.75, 3.05) is 26.4 Å². The second-order valence-corrected chi connectivity index (χ2v) is 8.16. The van der Waals surface area contributed by atoms with Crippen molar-refractivity contribution in [3.63, 3.8) is 0 Å². The summed E-state index contributed by atoms with van der Waals surface area (Å²) in [7, 11) is 0. The number of hydrogen-bond donors (Lipinski definition) is 1. The van der Waals surface area contributed by atoms with E-state index in [1.165, 1.54) is 10.8 Å². The Kier molecular flexibility index (Phi) is 7.65. The zero-order valence-electron chi connectivity index (χ0n) is 20.0. The average Bonchev–Trinajstić information content (AvgIpc) is 3.26. The molecule has 0 atom stereocenters. The summed E-state index contributed by atoms with van der Waals surface area (Å²) in [4.78, 5) is 12.5. The van der Waals surface area contributed by atoms with Crippen LogP contribution in [0.2, 0.25) is 0 Å². The normalized spacial score (nSPS) is 11.8. The van der Waals surface area contributed by atoms with Gasteiger partial charge in [-0.15, -0.1) is 0 Å². The lowest BCUT2D eigenvalue weighted by Gasteiger charge is -2.12. The van der Waals surface area contributed by atoms with Gasteiger partial charge >= 0.3 is 0 Å². The van der Waals surface area contributed by atoms with Gasteiger partial charge in [0.05, 0.1) is 12.9 Å². The van der Waals surface area contributed by atoms with Gasteiger partial charge in [0, 0.05) is 48.4 Å². The molecule has 0 spiro atoms. The molecule has 1 amide bonds. The molecular formula is C29H31NO4. The summed E-state index contributed by atoms with van der Waals surface area (Å²) < 4.78 is 17.1. The van der Waals surface area contributed by atoms with Gasteiger partial charge in [-0.05, 0) is 61.2 Å². The van der Waals surface area contributed by atoms with Crippen LogP contribution in [0.3, 0.4) is 0 Å². The number of fused-ring (bicyclic) bond motifs is 2. The van der Waals surface area contributed by atoms with E-state index >= 15 is 0 Å². The molecule has 1 aromatic heterocycles.